The Morgan fingerprint density at radius 3 is 2.84 bits per heavy atom. The summed E-state index contributed by atoms with van der Waals surface area (Å²) >= 11 is 0. The van der Waals surface area contributed by atoms with E-state index in [1.54, 1.807) is 12.4 Å². The molecular weight excluding hydrogens is 238 g/mol. The van der Waals surface area contributed by atoms with Crippen LogP contribution in [-0.4, -0.2) is 16.7 Å². The quantitative estimate of drug-likeness (QED) is 0.916. The Balaban J connectivity index is 1.78. The summed E-state index contributed by atoms with van der Waals surface area (Å²) in [6, 6.07) is 11.9. The summed E-state index contributed by atoms with van der Waals surface area (Å²) in [5, 5.41) is 10.3. The van der Waals surface area contributed by atoms with Crippen molar-refractivity contribution >= 4 is 0 Å². The number of aliphatic hydroxyl groups excluding tert-OH is 1. The first-order valence-corrected chi connectivity index (χ1v) is 6.64. The molecule has 0 radical (unpaired) electrons. The van der Waals surface area contributed by atoms with E-state index in [2.05, 4.69) is 11.1 Å². The Morgan fingerprint density at radius 1 is 1.21 bits per heavy atom. The van der Waals surface area contributed by atoms with Crippen LogP contribution >= 0.6 is 0 Å². The van der Waals surface area contributed by atoms with Gasteiger partial charge in [-0.3, -0.25) is 4.98 Å². The molecule has 3 nitrogen and oxygen atoms in total. The van der Waals surface area contributed by atoms with Crippen LogP contribution < -0.4 is 4.74 Å². The number of fused-ring (bicyclic) bond motifs is 1. The molecule has 2 heterocycles. The SMILES string of the molecule is OC(CC1CCOc2ccccc21)c1ccncc1. The number of hydrogen-bond acceptors (Lipinski definition) is 3. The molecule has 1 aliphatic heterocycles. The van der Waals surface area contributed by atoms with E-state index in [9.17, 15) is 5.11 Å². The maximum absolute atomic E-state index is 10.3. The van der Waals surface area contributed by atoms with Crippen LogP contribution in [0.3, 0.4) is 0 Å². The van der Waals surface area contributed by atoms with Crippen molar-refractivity contribution in [3.63, 3.8) is 0 Å². The number of hydrogen-bond donors (Lipinski definition) is 1. The standard InChI is InChI=1S/C16H17NO2/c18-15(12-5-8-17-9-6-12)11-13-7-10-19-16-4-2-1-3-14(13)16/h1-6,8-9,13,15,18H,7,10-11H2. The Hall–Kier alpha value is -1.87. The van der Waals surface area contributed by atoms with Gasteiger partial charge in [0.15, 0.2) is 0 Å². The fourth-order valence-electron chi connectivity index (χ4n) is 2.65. The molecule has 1 aromatic heterocycles. The smallest absolute Gasteiger partial charge is 0.122 e. The highest BCUT2D eigenvalue weighted by atomic mass is 16.5. The molecule has 0 aliphatic carbocycles. The van der Waals surface area contributed by atoms with Gasteiger partial charge in [-0.05, 0) is 48.1 Å². The Kier molecular flexibility index (Phi) is 3.47. The van der Waals surface area contributed by atoms with Crippen LogP contribution in [0.2, 0.25) is 0 Å². The van der Waals surface area contributed by atoms with Crippen LogP contribution in [0.4, 0.5) is 0 Å². The average molecular weight is 255 g/mol. The van der Waals surface area contributed by atoms with Crippen molar-refractivity contribution < 1.29 is 9.84 Å². The highest BCUT2D eigenvalue weighted by molar-refractivity contribution is 5.38. The van der Waals surface area contributed by atoms with Crippen molar-refractivity contribution in [2.75, 3.05) is 6.61 Å². The second kappa shape index (κ2) is 5.41. The summed E-state index contributed by atoms with van der Waals surface area (Å²) in [4.78, 5) is 3.98. The van der Waals surface area contributed by atoms with Crippen LogP contribution in [0.1, 0.15) is 36.0 Å². The minimum atomic E-state index is -0.445. The number of nitrogens with zero attached hydrogens (tertiary/aromatic N) is 1. The summed E-state index contributed by atoms with van der Waals surface area (Å²) in [5.41, 5.74) is 2.14. The monoisotopic (exact) mass is 255 g/mol. The minimum absolute atomic E-state index is 0.355. The van der Waals surface area contributed by atoms with Gasteiger partial charge >= 0.3 is 0 Å². The zero-order valence-corrected chi connectivity index (χ0v) is 10.7. The molecule has 1 aliphatic rings. The molecule has 3 rings (SSSR count). The van der Waals surface area contributed by atoms with Gasteiger partial charge in [0.25, 0.3) is 0 Å². The Morgan fingerprint density at radius 2 is 2.00 bits per heavy atom. The third kappa shape index (κ3) is 2.61. The number of aromatic nitrogens is 1. The highest BCUT2D eigenvalue weighted by Gasteiger charge is 2.24. The van der Waals surface area contributed by atoms with Gasteiger partial charge in [0.05, 0.1) is 12.7 Å². The first-order valence-electron chi connectivity index (χ1n) is 6.64. The molecule has 1 aromatic carbocycles. The Labute approximate surface area is 112 Å². The molecule has 2 aromatic rings. The number of ether oxygens (including phenoxy) is 1. The van der Waals surface area contributed by atoms with Crippen molar-refractivity contribution in [1.29, 1.82) is 0 Å². The first-order chi connectivity index (χ1) is 9.34. The summed E-state index contributed by atoms with van der Waals surface area (Å²) in [5.74, 6) is 1.31. The van der Waals surface area contributed by atoms with Crippen LogP contribution in [-0.2, 0) is 0 Å². The van der Waals surface area contributed by atoms with Gasteiger partial charge in [-0.15, -0.1) is 0 Å². The van der Waals surface area contributed by atoms with E-state index in [0.29, 0.717) is 5.92 Å². The summed E-state index contributed by atoms with van der Waals surface area (Å²) < 4.78 is 5.65. The third-order valence-electron chi connectivity index (χ3n) is 3.68. The second-order valence-corrected chi connectivity index (χ2v) is 4.90. The average Bonchev–Trinajstić information content (AvgIpc) is 2.48. The van der Waals surface area contributed by atoms with E-state index < -0.39 is 6.10 Å². The molecule has 2 atom stereocenters. The second-order valence-electron chi connectivity index (χ2n) is 4.90. The van der Waals surface area contributed by atoms with Gasteiger partial charge in [-0.25, -0.2) is 0 Å². The lowest BCUT2D eigenvalue weighted by Crippen LogP contribution is -2.16. The number of benzene rings is 1. The highest BCUT2D eigenvalue weighted by Crippen LogP contribution is 2.38. The molecule has 98 valence electrons. The predicted octanol–water partition coefficient (Wildman–Crippen LogP) is 3.07. The lowest BCUT2D eigenvalue weighted by atomic mass is 9.87. The number of rotatable bonds is 3. The molecule has 19 heavy (non-hydrogen) atoms. The predicted molar refractivity (Wildman–Crippen MR) is 73.1 cm³/mol. The van der Waals surface area contributed by atoms with Gasteiger partial charge in [0.1, 0.15) is 5.75 Å². The summed E-state index contributed by atoms with van der Waals surface area (Å²) in [7, 11) is 0. The molecule has 0 fully saturated rings. The van der Waals surface area contributed by atoms with Crippen LogP contribution in [0, 0.1) is 0 Å². The molecule has 3 heteroatoms. The normalized spacial score (nSPS) is 19.3. The number of para-hydroxylation sites is 1. The van der Waals surface area contributed by atoms with Crippen molar-refractivity contribution in [3.05, 3.63) is 59.9 Å². The molecule has 0 bridgehead atoms. The van der Waals surface area contributed by atoms with E-state index in [-0.39, 0.29) is 0 Å². The van der Waals surface area contributed by atoms with E-state index in [0.717, 1.165) is 30.8 Å². The van der Waals surface area contributed by atoms with E-state index in [1.807, 2.05) is 30.3 Å². The van der Waals surface area contributed by atoms with Crippen molar-refractivity contribution in [1.82, 2.24) is 4.98 Å². The molecule has 0 saturated carbocycles. The van der Waals surface area contributed by atoms with Crippen LogP contribution in [0.25, 0.3) is 0 Å². The van der Waals surface area contributed by atoms with E-state index in [4.69, 9.17) is 4.74 Å². The van der Waals surface area contributed by atoms with Gasteiger partial charge in [0, 0.05) is 12.4 Å². The maximum atomic E-state index is 10.3. The molecule has 0 amide bonds. The lowest BCUT2D eigenvalue weighted by Gasteiger charge is -2.27. The van der Waals surface area contributed by atoms with Crippen molar-refractivity contribution in [2.24, 2.45) is 0 Å². The van der Waals surface area contributed by atoms with Crippen molar-refractivity contribution in [3.8, 4) is 5.75 Å². The van der Waals surface area contributed by atoms with Gasteiger partial charge in [-0.2, -0.15) is 0 Å². The molecule has 1 N–H and O–H groups in total. The maximum Gasteiger partial charge on any atom is 0.122 e. The molecular formula is C16H17NO2. The van der Waals surface area contributed by atoms with Gasteiger partial charge in [-0.1, -0.05) is 18.2 Å². The van der Waals surface area contributed by atoms with E-state index in [1.165, 1.54) is 5.56 Å². The largest absolute Gasteiger partial charge is 0.493 e. The lowest BCUT2D eigenvalue weighted by molar-refractivity contribution is 0.145. The van der Waals surface area contributed by atoms with Crippen LogP contribution in [0.15, 0.2) is 48.8 Å². The minimum Gasteiger partial charge on any atom is -0.493 e. The van der Waals surface area contributed by atoms with Gasteiger partial charge < -0.3 is 9.84 Å². The van der Waals surface area contributed by atoms with E-state index >= 15 is 0 Å². The molecule has 0 saturated heterocycles. The van der Waals surface area contributed by atoms with Crippen molar-refractivity contribution in [2.45, 2.75) is 24.9 Å². The fourth-order valence-corrected chi connectivity index (χ4v) is 2.65. The fraction of sp³-hybridized carbons (Fsp3) is 0.312. The number of aliphatic hydroxyl groups is 1. The first kappa shape index (κ1) is 12.2. The summed E-state index contributed by atoms with van der Waals surface area (Å²) in [6.07, 6.45) is 4.68. The van der Waals surface area contributed by atoms with Crippen LogP contribution in [0.5, 0.6) is 5.75 Å². The van der Waals surface area contributed by atoms with Gasteiger partial charge in [0.2, 0.25) is 0 Å². The summed E-state index contributed by atoms with van der Waals surface area (Å²) in [6.45, 7) is 0.727. The number of pyridine rings is 1. The third-order valence-corrected chi connectivity index (χ3v) is 3.68. The molecule has 2 unspecified atom stereocenters. The topological polar surface area (TPSA) is 42.4 Å². The molecule has 0 spiro atoms. The zero-order valence-electron chi connectivity index (χ0n) is 10.7. The Bertz CT molecular complexity index is 541. The zero-order chi connectivity index (χ0) is 13.1.